The SMILES string of the molecule is CCC(C)C(NC(=O)C(CCCN=C(N)N)NC(=O)CNC(=O)CNC(=O)C(Cc1ccccc1)NC(=O)C(CS)NC(=O)C(CO)NC(=O)C(CO)NC(=O)C(N)CCCN=C(N)N)C(=O)O. The van der Waals surface area contributed by atoms with E-state index in [0.29, 0.717) is 18.4 Å². The van der Waals surface area contributed by atoms with Crippen LogP contribution in [0.3, 0.4) is 0 Å². The zero-order valence-electron chi connectivity index (χ0n) is 37.9. The number of aliphatic imine (C=N–C) groups is 2. The lowest BCUT2D eigenvalue weighted by Gasteiger charge is -2.25. The number of amides is 8. The highest BCUT2D eigenvalue weighted by Crippen LogP contribution is 2.10. The van der Waals surface area contributed by atoms with Gasteiger partial charge in [-0.05, 0) is 37.2 Å². The summed E-state index contributed by atoms with van der Waals surface area (Å²) in [6.07, 6.45) is 0.995. The molecule has 0 saturated carbocycles. The molecule has 1 rings (SSSR count). The number of hydrogen-bond acceptors (Lipinski definition) is 15. The number of guanidine groups is 2. The van der Waals surface area contributed by atoms with Crippen LogP contribution in [0.5, 0.6) is 0 Å². The Hall–Kier alpha value is -6.78. The van der Waals surface area contributed by atoms with Crippen molar-refractivity contribution >= 4 is 77.8 Å². The third-order valence-electron chi connectivity index (χ3n) is 9.91. The maximum Gasteiger partial charge on any atom is 0.326 e. The van der Waals surface area contributed by atoms with Gasteiger partial charge in [-0.2, -0.15) is 12.6 Å². The number of thiol groups is 1. The average Bonchev–Trinajstić information content (AvgIpc) is 3.30. The quantitative estimate of drug-likeness (QED) is 0.0138. The van der Waals surface area contributed by atoms with Gasteiger partial charge in [0.1, 0.15) is 36.3 Å². The number of carbonyl (C=O) groups is 9. The average molecular weight is 982 g/mol. The lowest BCUT2D eigenvalue weighted by molar-refractivity contribution is -0.143. The second kappa shape index (κ2) is 32.0. The van der Waals surface area contributed by atoms with Gasteiger partial charge >= 0.3 is 5.97 Å². The molecule has 0 saturated heterocycles. The number of carbonyl (C=O) groups excluding carboxylic acids is 8. The molecule has 1 aromatic carbocycles. The topological polar surface area (TPSA) is 465 Å². The van der Waals surface area contributed by atoms with Crippen molar-refractivity contribution in [1.82, 2.24) is 42.5 Å². The van der Waals surface area contributed by atoms with E-state index in [9.17, 15) is 58.5 Å². The molecule has 27 nitrogen and oxygen atoms in total. The maximum atomic E-state index is 13.5. The van der Waals surface area contributed by atoms with Crippen LogP contribution < -0.4 is 71.2 Å². The summed E-state index contributed by atoms with van der Waals surface area (Å²) in [5.41, 5.74) is 27.7. The number of nitrogens with two attached hydrogens (primary N) is 5. The van der Waals surface area contributed by atoms with Crippen molar-refractivity contribution in [3.05, 3.63) is 35.9 Å². The van der Waals surface area contributed by atoms with Crippen molar-refractivity contribution in [2.45, 2.75) is 94.7 Å². The number of nitrogens with one attached hydrogen (secondary N) is 8. The van der Waals surface area contributed by atoms with E-state index in [-0.39, 0.29) is 56.4 Å². The molecule has 0 fully saturated rings. The highest BCUT2D eigenvalue weighted by atomic mass is 32.1. The molecule has 0 radical (unpaired) electrons. The Morgan fingerprint density at radius 1 is 0.618 bits per heavy atom. The fourth-order valence-corrected chi connectivity index (χ4v) is 6.13. The van der Waals surface area contributed by atoms with Crippen molar-refractivity contribution in [3.8, 4) is 0 Å². The molecule has 68 heavy (non-hydrogen) atoms. The Morgan fingerprint density at radius 3 is 1.62 bits per heavy atom. The number of carboxylic acids is 1. The van der Waals surface area contributed by atoms with Gasteiger partial charge in [-0.25, -0.2) is 4.79 Å². The molecule has 0 aromatic heterocycles. The van der Waals surface area contributed by atoms with Crippen molar-refractivity contribution in [2.75, 3.05) is 45.1 Å². The van der Waals surface area contributed by atoms with E-state index in [2.05, 4.69) is 65.1 Å². The Morgan fingerprint density at radius 2 is 1.10 bits per heavy atom. The molecule has 8 atom stereocenters. The number of carboxylic acid groups (broad SMARTS) is 1. The van der Waals surface area contributed by atoms with E-state index in [1.54, 1.807) is 44.2 Å². The maximum absolute atomic E-state index is 13.5. The summed E-state index contributed by atoms with van der Waals surface area (Å²) in [7, 11) is 0. The van der Waals surface area contributed by atoms with E-state index in [4.69, 9.17) is 28.7 Å². The van der Waals surface area contributed by atoms with Crippen LogP contribution in [0.25, 0.3) is 0 Å². The van der Waals surface area contributed by atoms with Crippen LogP contribution in [0.1, 0.15) is 51.5 Å². The summed E-state index contributed by atoms with van der Waals surface area (Å²) in [6.45, 7) is 0.436. The second-order valence-corrected chi connectivity index (χ2v) is 15.7. The lowest BCUT2D eigenvalue weighted by atomic mass is 9.98. The van der Waals surface area contributed by atoms with Crippen molar-refractivity contribution in [1.29, 1.82) is 0 Å². The summed E-state index contributed by atoms with van der Waals surface area (Å²) >= 11 is 4.13. The van der Waals surface area contributed by atoms with Gasteiger partial charge in [0.2, 0.25) is 47.3 Å². The van der Waals surface area contributed by atoms with Gasteiger partial charge in [0.05, 0.1) is 32.3 Å². The summed E-state index contributed by atoms with van der Waals surface area (Å²) in [5, 5.41) is 48.2. The van der Waals surface area contributed by atoms with Gasteiger partial charge in [-0.15, -0.1) is 0 Å². The van der Waals surface area contributed by atoms with Gasteiger partial charge in [0.25, 0.3) is 0 Å². The molecule has 0 heterocycles. The van der Waals surface area contributed by atoms with Crippen LogP contribution in [0.15, 0.2) is 40.3 Å². The van der Waals surface area contributed by atoms with Gasteiger partial charge in [-0.1, -0.05) is 50.6 Å². The monoisotopic (exact) mass is 981 g/mol. The normalized spacial score (nSPS) is 14.3. The minimum Gasteiger partial charge on any atom is -0.480 e. The molecular formula is C40H67N15O12S. The molecule has 0 aliphatic heterocycles. The molecule has 380 valence electrons. The van der Waals surface area contributed by atoms with Crippen LogP contribution >= 0.6 is 12.6 Å². The molecule has 8 amide bonds. The number of benzene rings is 1. The standard InChI is InChI=1S/C40H67N15O12S/c1-3-21(2)31(38(66)67)55-34(62)24(12-8-14-47-40(44)45)50-30(59)17-48-29(58)16-49-33(61)25(15-22-9-5-4-6-10-22)51-37(65)28(20-68)54-36(64)27(19-57)53-35(63)26(18-56)52-32(60)23(41)11-7-13-46-39(42)43/h4-6,9-10,21,23-28,31,56-57,68H,3,7-8,11-20,41H2,1-2H3,(H,48,58)(H,49,61)(H,50,59)(H,51,65)(H,52,60)(H,53,63)(H,54,64)(H,55,62)(H,66,67)(H4,42,43,46)(H4,44,45,47). The number of aliphatic carboxylic acids is 1. The number of nitrogens with zero attached hydrogens (tertiary/aromatic N) is 2. The Bertz CT molecular complexity index is 1900. The highest BCUT2D eigenvalue weighted by Gasteiger charge is 2.32. The molecule has 21 N–H and O–H groups in total. The first-order valence-corrected chi connectivity index (χ1v) is 22.1. The third kappa shape index (κ3) is 23.1. The van der Waals surface area contributed by atoms with E-state index in [0.717, 1.165) is 0 Å². The summed E-state index contributed by atoms with van der Waals surface area (Å²) in [6, 6.07) is -1.30. The van der Waals surface area contributed by atoms with Gasteiger partial charge in [0.15, 0.2) is 11.9 Å². The Balaban J connectivity index is 2.98. The molecule has 0 spiro atoms. The molecule has 0 aliphatic rings. The number of rotatable bonds is 32. The van der Waals surface area contributed by atoms with Crippen LogP contribution in [0.4, 0.5) is 0 Å². The predicted molar refractivity (Wildman–Crippen MR) is 251 cm³/mol. The number of hydrogen-bond donors (Lipinski definition) is 17. The molecule has 28 heteroatoms. The molecule has 0 bridgehead atoms. The van der Waals surface area contributed by atoms with Crippen LogP contribution in [0.2, 0.25) is 0 Å². The van der Waals surface area contributed by atoms with Gasteiger partial charge in [0, 0.05) is 25.3 Å². The smallest absolute Gasteiger partial charge is 0.326 e. The van der Waals surface area contributed by atoms with E-state index >= 15 is 0 Å². The van der Waals surface area contributed by atoms with E-state index < -0.39 is 128 Å². The first kappa shape index (κ1) is 59.2. The lowest BCUT2D eigenvalue weighted by Crippen LogP contribution is -2.60. The minimum atomic E-state index is -1.70. The Kier molecular flexibility index (Phi) is 27.9. The number of aliphatic hydroxyl groups excluding tert-OH is 2. The van der Waals surface area contributed by atoms with Crippen LogP contribution in [0, 0.1) is 5.92 Å². The molecular weight excluding hydrogens is 915 g/mol. The van der Waals surface area contributed by atoms with Gasteiger partial charge < -0.3 is 86.5 Å². The first-order chi connectivity index (χ1) is 32.2. The first-order valence-electron chi connectivity index (χ1n) is 21.5. The number of aliphatic hydroxyl groups is 2. The third-order valence-corrected chi connectivity index (χ3v) is 10.3. The van der Waals surface area contributed by atoms with Crippen molar-refractivity contribution < 1.29 is 58.5 Å². The second-order valence-electron chi connectivity index (χ2n) is 15.3. The minimum absolute atomic E-state index is 0.00363. The van der Waals surface area contributed by atoms with E-state index in [1.807, 2.05) is 0 Å². The van der Waals surface area contributed by atoms with Crippen LogP contribution in [-0.2, 0) is 49.6 Å². The zero-order chi connectivity index (χ0) is 51.3. The molecule has 0 aliphatic carbocycles. The molecule has 1 aromatic rings. The van der Waals surface area contributed by atoms with E-state index in [1.165, 1.54) is 0 Å². The highest BCUT2D eigenvalue weighted by molar-refractivity contribution is 7.80. The fourth-order valence-electron chi connectivity index (χ4n) is 5.87. The summed E-state index contributed by atoms with van der Waals surface area (Å²) < 4.78 is 0. The fraction of sp³-hybridized carbons (Fsp3) is 0.575. The van der Waals surface area contributed by atoms with Crippen molar-refractivity contribution in [3.63, 3.8) is 0 Å². The van der Waals surface area contributed by atoms with Crippen LogP contribution in [-0.4, -0.2) is 168 Å². The van der Waals surface area contributed by atoms with Crippen molar-refractivity contribution in [2.24, 2.45) is 44.6 Å². The van der Waals surface area contributed by atoms with Gasteiger partial charge in [-0.3, -0.25) is 48.3 Å². The largest absolute Gasteiger partial charge is 0.480 e. The summed E-state index contributed by atoms with van der Waals surface area (Å²) in [4.78, 5) is 124. The predicted octanol–water partition coefficient (Wildman–Crippen LogP) is -7.15. The molecule has 8 unspecified atom stereocenters. The zero-order valence-corrected chi connectivity index (χ0v) is 38.8. The Labute approximate surface area is 398 Å². The summed E-state index contributed by atoms with van der Waals surface area (Å²) in [5.74, 6) is -9.61.